The minimum atomic E-state index is -2.59. The van der Waals surface area contributed by atoms with E-state index < -0.39 is 5.92 Å². The fourth-order valence-electron chi connectivity index (χ4n) is 1.76. The Morgan fingerprint density at radius 1 is 1.44 bits per heavy atom. The van der Waals surface area contributed by atoms with Gasteiger partial charge in [0.05, 0.1) is 4.99 Å². The molecule has 0 saturated heterocycles. The largest absolute Gasteiger partial charge is 0.393 e. The molecule has 1 fully saturated rings. The summed E-state index contributed by atoms with van der Waals surface area (Å²) in [6, 6.07) is 0. The number of carbonyl (C=O) groups excluding carboxylic acids is 1. The number of nitrogens with two attached hydrogens (primary N) is 1. The highest BCUT2D eigenvalue weighted by Crippen LogP contribution is 2.36. The molecule has 1 amide bonds. The molecule has 6 heteroatoms. The van der Waals surface area contributed by atoms with Crippen LogP contribution in [-0.2, 0) is 4.79 Å². The van der Waals surface area contributed by atoms with Crippen LogP contribution >= 0.6 is 12.2 Å². The number of halogens is 2. The van der Waals surface area contributed by atoms with Gasteiger partial charge in [-0.15, -0.1) is 0 Å². The fourth-order valence-corrected chi connectivity index (χ4v) is 1.86. The van der Waals surface area contributed by atoms with Gasteiger partial charge in [-0.3, -0.25) is 4.79 Å². The van der Waals surface area contributed by atoms with Crippen molar-refractivity contribution in [2.24, 2.45) is 11.7 Å². The molecular weight excluding hydrogens is 234 g/mol. The van der Waals surface area contributed by atoms with Gasteiger partial charge >= 0.3 is 0 Å². The molecule has 0 unspecified atom stereocenters. The van der Waals surface area contributed by atoms with Gasteiger partial charge in [0.15, 0.2) is 0 Å². The van der Waals surface area contributed by atoms with Gasteiger partial charge in [0, 0.05) is 31.7 Å². The van der Waals surface area contributed by atoms with Gasteiger partial charge in [-0.25, -0.2) is 8.78 Å². The van der Waals surface area contributed by atoms with Gasteiger partial charge in [0.2, 0.25) is 11.8 Å². The third kappa shape index (κ3) is 4.38. The number of nitrogens with one attached hydrogen (secondary N) is 1. The van der Waals surface area contributed by atoms with E-state index in [9.17, 15) is 13.6 Å². The monoisotopic (exact) mass is 250 g/mol. The summed E-state index contributed by atoms with van der Waals surface area (Å²) >= 11 is 4.66. The van der Waals surface area contributed by atoms with Crippen LogP contribution in [0.15, 0.2) is 0 Å². The molecule has 0 radical (unpaired) electrons. The minimum Gasteiger partial charge on any atom is -0.393 e. The van der Waals surface area contributed by atoms with Crippen LogP contribution in [0.4, 0.5) is 8.78 Å². The van der Waals surface area contributed by atoms with Crippen LogP contribution in [-0.4, -0.2) is 23.4 Å². The molecule has 0 aliphatic heterocycles. The first kappa shape index (κ1) is 13.3. The van der Waals surface area contributed by atoms with E-state index in [1.165, 1.54) is 0 Å². The Kier molecular flexibility index (Phi) is 4.58. The average molecular weight is 250 g/mol. The van der Waals surface area contributed by atoms with Crippen molar-refractivity contribution in [3.05, 3.63) is 0 Å². The third-order valence-corrected chi connectivity index (χ3v) is 2.96. The summed E-state index contributed by atoms with van der Waals surface area (Å²) in [7, 11) is 0. The molecule has 0 aromatic heterocycles. The average Bonchev–Trinajstić information content (AvgIpc) is 2.16. The normalized spacial score (nSPS) is 20.4. The van der Waals surface area contributed by atoms with E-state index in [1.807, 2.05) is 0 Å². The van der Waals surface area contributed by atoms with E-state index in [2.05, 4.69) is 17.5 Å². The summed E-state index contributed by atoms with van der Waals surface area (Å²) in [4.78, 5) is 11.9. The highest BCUT2D eigenvalue weighted by molar-refractivity contribution is 7.80. The van der Waals surface area contributed by atoms with Gasteiger partial charge in [-0.05, 0) is 12.8 Å². The van der Waals surface area contributed by atoms with Crippen molar-refractivity contribution in [3.8, 4) is 0 Å². The number of amides is 1. The molecule has 1 saturated carbocycles. The molecule has 1 aliphatic carbocycles. The summed E-state index contributed by atoms with van der Waals surface area (Å²) < 4.78 is 25.7. The molecule has 0 heterocycles. The smallest absolute Gasteiger partial charge is 0.248 e. The Balaban J connectivity index is 2.25. The highest BCUT2D eigenvalue weighted by Gasteiger charge is 2.37. The lowest BCUT2D eigenvalue weighted by Crippen LogP contribution is -2.37. The summed E-state index contributed by atoms with van der Waals surface area (Å²) in [5.41, 5.74) is 5.27. The second-order valence-electron chi connectivity index (χ2n) is 4.14. The lowest BCUT2D eigenvalue weighted by molar-refractivity contribution is -0.129. The molecule has 0 atom stereocenters. The zero-order chi connectivity index (χ0) is 12.2. The molecule has 92 valence electrons. The minimum absolute atomic E-state index is 0.160. The third-order valence-electron chi connectivity index (χ3n) is 2.76. The highest BCUT2D eigenvalue weighted by atomic mass is 32.1. The first-order valence-corrected chi connectivity index (χ1v) is 5.75. The Morgan fingerprint density at radius 3 is 2.50 bits per heavy atom. The quantitative estimate of drug-likeness (QED) is 0.745. The van der Waals surface area contributed by atoms with Crippen LogP contribution in [0.25, 0.3) is 0 Å². The number of thiocarbonyl (C=S) groups is 1. The molecule has 0 bridgehead atoms. The number of rotatable bonds is 4. The molecule has 0 spiro atoms. The maximum atomic E-state index is 12.8. The molecular formula is C10H16F2N2OS. The first-order chi connectivity index (χ1) is 7.41. The van der Waals surface area contributed by atoms with E-state index in [1.54, 1.807) is 0 Å². The summed E-state index contributed by atoms with van der Waals surface area (Å²) in [6.07, 6.45) is 0.572. The van der Waals surface area contributed by atoms with E-state index >= 15 is 0 Å². The van der Waals surface area contributed by atoms with Crippen LogP contribution in [0, 0.1) is 5.92 Å². The van der Waals surface area contributed by atoms with E-state index in [-0.39, 0.29) is 37.5 Å². The van der Waals surface area contributed by atoms with Crippen molar-refractivity contribution in [1.29, 1.82) is 0 Å². The van der Waals surface area contributed by atoms with Crippen molar-refractivity contribution < 1.29 is 13.6 Å². The van der Waals surface area contributed by atoms with Gasteiger partial charge < -0.3 is 11.1 Å². The van der Waals surface area contributed by atoms with Gasteiger partial charge in [0.1, 0.15) is 0 Å². The van der Waals surface area contributed by atoms with Crippen molar-refractivity contribution in [1.82, 2.24) is 5.32 Å². The number of hydrogen-bond acceptors (Lipinski definition) is 2. The van der Waals surface area contributed by atoms with Crippen molar-refractivity contribution in [2.45, 2.75) is 38.0 Å². The fraction of sp³-hybridized carbons (Fsp3) is 0.800. The first-order valence-electron chi connectivity index (χ1n) is 5.34. The molecule has 1 rings (SSSR count). The second-order valence-corrected chi connectivity index (χ2v) is 4.66. The summed E-state index contributed by atoms with van der Waals surface area (Å²) in [5.74, 6) is -3.03. The molecule has 0 aromatic carbocycles. The number of alkyl halides is 2. The SMILES string of the molecule is NC(=S)CCNC(=O)C1CCC(F)(F)CC1. The zero-order valence-electron chi connectivity index (χ0n) is 8.97. The van der Waals surface area contributed by atoms with Gasteiger partial charge in [0.25, 0.3) is 0 Å². The Hall–Kier alpha value is -0.780. The summed E-state index contributed by atoms with van der Waals surface area (Å²) in [5, 5.41) is 2.66. The van der Waals surface area contributed by atoms with Crippen molar-refractivity contribution in [2.75, 3.05) is 6.54 Å². The molecule has 3 nitrogen and oxygen atoms in total. The molecule has 16 heavy (non-hydrogen) atoms. The van der Waals surface area contributed by atoms with Gasteiger partial charge in [-0.1, -0.05) is 12.2 Å². The van der Waals surface area contributed by atoms with Crippen molar-refractivity contribution in [3.63, 3.8) is 0 Å². The topological polar surface area (TPSA) is 55.1 Å². The van der Waals surface area contributed by atoms with Crippen molar-refractivity contribution >= 4 is 23.1 Å². The Morgan fingerprint density at radius 2 is 2.00 bits per heavy atom. The maximum Gasteiger partial charge on any atom is 0.248 e. The van der Waals surface area contributed by atoms with E-state index in [0.29, 0.717) is 18.0 Å². The maximum absolute atomic E-state index is 12.8. The number of hydrogen-bond donors (Lipinski definition) is 2. The van der Waals surface area contributed by atoms with E-state index in [4.69, 9.17) is 5.73 Å². The van der Waals surface area contributed by atoms with E-state index in [0.717, 1.165) is 0 Å². The van der Waals surface area contributed by atoms with Crippen LogP contribution in [0.1, 0.15) is 32.1 Å². The standard InChI is InChI=1S/C10H16F2N2OS/c11-10(12)4-1-7(2-5-10)9(15)14-6-3-8(13)16/h7H,1-6H2,(H2,13,16)(H,14,15). The summed E-state index contributed by atoms with van der Waals surface area (Å²) in [6.45, 7) is 0.390. The van der Waals surface area contributed by atoms with Crippen LogP contribution in [0.2, 0.25) is 0 Å². The molecule has 3 N–H and O–H groups in total. The predicted octanol–water partition coefficient (Wildman–Crippen LogP) is 1.60. The second kappa shape index (κ2) is 5.52. The lowest BCUT2D eigenvalue weighted by Gasteiger charge is -2.27. The molecule has 1 aliphatic rings. The van der Waals surface area contributed by atoms with Crippen LogP contribution in [0.3, 0.4) is 0 Å². The Labute approximate surface area is 98.8 Å². The lowest BCUT2D eigenvalue weighted by atomic mass is 9.86. The van der Waals surface area contributed by atoms with Crippen LogP contribution < -0.4 is 11.1 Å². The molecule has 0 aromatic rings. The Bertz CT molecular complexity index is 274. The number of carbonyl (C=O) groups is 1. The van der Waals surface area contributed by atoms with Crippen LogP contribution in [0.5, 0.6) is 0 Å². The zero-order valence-corrected chi connectivity index (χ0v) is 9.79. The van der Waals surface area contributed by atoms with Gasteiger partial charge in [-0.2, -0.15) is 0 Å². The predicted molar refractivity (Wildman–Crippen MR) is 61.3 cm³/mol.